The minimum absolute atomic E-state index is 0.0937. The van der Waals surface area contributed by atoms with Crippen molar-refractivity contribution in [3.8, 4) is 0 Å². The normalized spacial score (nSPS) is 36.8. The molecule has 1 aliphatic rings. The van der Waals surface area contributed by atoms with Gasteiger partial charge in [-0.1, -0.05) is 6.42 Å². The van der Waals surface area contributed by atoms with Gasteiger partial charge >= 0.3 is 0 Å². The third-order valence-electron chi connectivity index (χ3n) is 3.04. The van der Waals surface area contributed by atoms with Gasteiger partial charge in [-0.25, -0.2) is 0 Å². The molecule has 0 spiro atoms. The summed E-state index contributed by atoms with van der Waals surface area (Å²) in [6.45, 7) is 0.375. The molecular weight excluding hydrogens is 156 g/mol. The van der Waals surface area contributed by atoms with Gasteiger partial charge in [0.25, 0.3) is 0 Å². The van der Waals surface area contributed by atoms with Gasteiger partial charge in [0.1, 0.15) is 0 Å². The van der Waals surface area contributed by atoms with Crippen LogP contribution in [0.15, 0.2) is 0 Å². The molecule has 1 aliphatic carbocycles. The van der Waals surface area contributed by atoms with Gasteiger partial charge in [0.2, 0.25) is 0 Å². The molecule has 3 atom stereocenters. The molecule has 0 aromatic rings. The summed E-state index contributed by atoms with van der Waals surface area (Å²) in [6.07, 6.45) is 3.03. The van der Waals surface area contributed by atoms with Gasteiger partial charge in [-0.2, -0.15) is 0 Å². The standard InChI is InChI=1S/C9H18O3/c10-4-7-2-1-3-8(5-11)9(7)6-12/h7-12H,1-6H2/t7-,8+,9?. The smallest absolute Gasteiger partial charge is 0.0466 e. The van der Waals surface area contributed by atoms with E-state index in [9.17, 15) is 0 Å². The fourth-order valence-electron chi connectivity index (χ4n) is 2.21. The van der Waals surface area contributed by atoms with E-state index in [2.05, 4.69) is 0 Å². The minimum Gasteiger partial charge on any atom is -0.396 e. The Morgan fingerprint density at radius 3 is 1.67 bits per heavy atom. The van der Waals surface area contributed by atoms with Crippen LogP contribution in [0.4, 0.5) is 0 Å². The lowest BCUT2D eigenvalue weighted by Crippen LogP contribution is -2.34. The van der Waals surface area contributed by atoms with Crippen molar-refractivity contribution in [2.45, 2.75) is 19.3 Å². The van der Waals surface area contributed by atoms with Crippen LogP contribution in [0, 0.1) is 17.8 Å². The van der Waals surface area contributed by atoms with Crippen molar-refractivity contribution in [2.24, 2.45) is 17.8 Å². The Bertz CT molecular complexity index is 115. The highest BCUT2D eigenvalue weighted by atomic mass is 16.3. The summed E-state index contributed by atoms with van der Waals surface area (Å²) >= 11 is 0. The molecule has 0 aromatic heterocycles. The molecule has 0 bridgehead atoms. The highest BCUT2D eigenvalue weighted by Gasteiger charge is 2.31. The lowest BCUT2D eigenvalue weighted by molar-refractivity contribution is 0.0202. The Kier molecular flexibility index (Phi) is 3.98. The molecule has 72 valence electrons. The number of hydrogen-bond donors (Lipinski definition) is 3. The average molecular weight is 174 g/mol. The van der Waals surface area contributed by atoms with Crippen LogP contribution in [0.1, 0.15) is 19.3 Å². The number of hydrogen-bond acceptors (Lipinski definition) is 3. The van der Waals surface area contributed by atoms with Gasteiger partial charge < -0.3 is 15.3 Å². The Labute approximate surface area is 73.0 Å². The predicted octanol–water partition coefficient (Wildman–Crippen LogP) is -0.00420. The molecule has 0 saturated heterocycles. The van der Waals surface area contributed by atoms with Crippen LogP contribution < -0.4 is 0 Å². The molecule has 0 amide bonds. The summed E-state index contributed by atoms with van der Waals surface area (Å²) in [6, 6.07) is 0. The molecule has 3 N–H and O–H groups in total. The molecule has 12 heavy (non-hydrogen) atoms. The first-order chi connectivity index (χ1) is 5.83. The van der Waals surface area contributed by atoms with Gasteiger partial charge in [-0.3, -0.25) is 0 Å². The lowest BCUT2D eigenvalue weighted by atomic mass is 9.73. The Balaban J connectivity index is 2.52. The molecular formula is C9H18O3. The topological polar surface area (TPSA) is 60.7 Å². The van der Waals surface area contributed by atoms with E-state index >= 15 is 0 Å². The van der Waals surface area contributed by atoms with Crippen LogP contribution in [-0.4, -0.2) is 35.1 Å². The Morgan fingerprint density at radius 2 is 1.33 bits per heavy atom. The van der Waals surface area contributed by atoms with Crippen molar-refractivity contribution in [3.05, 3.63) is 0 Å². The van der Waals surface area contributed by atoms with E-state index in [0.717, 1.165) is 19.3 Å². The first-order valence-corrected chi connectivity index (χ1v) is 4.66. The predicted molar refractivity (Wildman–Crippen MR) is 45.6 cm³/mol. The molecule has 0 radical (unpaired) electrons. The summed E-state index contributed by atoms with van der Waals surface area (Å²) in [7, 11) is 0. The maximum absolute atomic E-state index is 9.07. The molecule has 0 aliphatic heterocycles. The molecule has 0 heterocycles. The monoisotopic (exact) mass is 174 g/mol. The van der Waals surface area contributed by atoms with E-state index in [1.165, 1.54) is 0 Å². The van der Waals surface area contributed by atoms with Crippen molar-refractivity contribution in [3.63, 3.8) is 0 Å². The SMILES string of the molecule is OCC1[C@H](CO)CCC[C@@H]1CO. The first-order valence-electron chi connectivity index (χ1n) is 4.66. The minimum atomic E-state index is 0.0937. The zero-order valence-electron chi connectivity index (χ0n) is 7.32. The van der Waals surface area contributed by atoms with Gasteiger partial charge in [0, 0.05) is 19.8 Å². The van der Waals surface area contributed by atoms with Crippen LogP contribution in [0.25, 0.3) is 0 Å². The Hall–Kier alpha value is -0.120. The molecule has 1 fully saturated rings. The summed E-state index contributed by atoms with van der Waals surface area (Å²) in [5.41, 5.74) is 0. The summed E-state index contributed by atoms with van der Waals surface area (Å²) in [5.74, 6) is 0.496. The van der Waals surface area contributed by atoms with E-state index in [-0.39, 0.29) is 37.6 Å². The highest BCUT2D eigenvalue weighted by molar-refractivity contribution is 4.80. The van der Waals surface area contributed by atoms with E-state index in [1.807, 2.05) is 0 Å². The third kappa shape index (κ3) is 1.97. The number of aliphatic hydroxyl groups is 3. The van der Waals surface area contributed by atoms with Crippen molar-refractivity contribution >= 4 is 0 Å². The maximum atomic E-state index is 9.07. The van der Waals surface area contributed by atoms with Crippen molar-refractivity contribution < 1.29 is 15.3 Å². The second kappa shape index (κ2) is 4.80. The highest BCUT2D eigenvalue weighted by Crippen LogP contribution is 2.33. The van der Waals surface area contributed by atoms with Gasteiger partial charge in [-0.05, 0) is 30.6 Å². The van der Waals surface area contributed by atoms with E-state index in [4.69, 9.17) is 15.3 Å². The molecule has 3 heteroatoms. The first kappa shape index (κ1) is 9.96. The van der Waals surface area contributed by atoms with Gasteiger partial charge in [0.15, 0.2) is 0 Å². The van der Waals surface area contributed by atoms with Crippen molar-refractivity contribution in [1.29, 1.82) is 0 Å². The second-order valence-electron chi connectivity index (χ2n) is 3.66. The van der Waals surface area contributed by atoms with Crippen molar-refractivity contribution in [1.82, 2.24) is 0 Å². The molecule has 1 unspecified atom stereocenters. The van der Waals surface area contributed by atoms with Gasteiger partial charge in [-0.15, -0.1) is 0 Å². The quantitative estimate of drug-likeness (QED) is 0.564. The molecule has 1 rings (SSSR count). The van der Waals surface area contributed by atoms with E-state index < -0.39 is 0 Å². The van der Waals surface area contributed by atoms with Crippen LogP contribution in [0.3, 0.4) is 0 Å². The molecule has 3 nitrogen and oxygen atoms in total. The number of aliphatic hydroxyl groups excluding tert-OH is 3. The van der Waals surface area contributed by atoms with E-state index in [1.54, 1.807) is 0 Å². The van der Waals surface area contributed by atoms with E-state index in [0.29, 0.717) is 0 Å². The van der Waals surface area contributed by atoms with Crippen LogP contribution in [0.5, 0.6) is 0 Å². The van der Waals surface area contributed by atoms with Crippen LogP contribution in [-0.2, 0) is 0 Å². The van der Waals surface area contributed by atoms with Crippen LogP contribution >= 0.6 is 0 Å². The van der Waals surface area contributed by atoms with Crippen LogP contribution in [0.2, 0.25) is 0 Å². The lowest BCUT2D eigenvalue weighted by Gasteiger charge is -2.35. The zero-order chi connectivity index (χ0) is 8.97. The zero-order valence-corrected chi connectivity index (χ0v) is 7.32. The fraction of sp³-hybridized carbons (Fsp3) is 1.00. The summed E-state index contributed by atoms with van der Waals surface area (Å²) in [5, 5.41) is 27.1. The number of rotatable bonds is 3. The largest absolute Gasteiger partial charge is 0.396 e. The average Bonchev–Trinajstić information content (AvgIpc) is 2.16. The molecule has 0 aromatic carbocycles. The fourth-order valence-corrected chi connectivity index (χ4v) is 2.21. The Morgan fingerprint density at radius 1 is 0.833 bits per heavy atom. The second-order valence-corrected chi connectivity index (χ2v) is 3.66. The maximum Gasteiger partial charge on any atom is 0.0466 e. The van der Waals surface area contributed by atoms with Gasteiger partial charge in [0.05, 0.1) is 0 Å². The summed E-state index contributed by atoms with van der Waals surface area (Å²) in [4.78, 5) is 0. The van der Waals surface area contributed by atoms with Crippen molar-refractivity contribution in [2.75, 3.05) is 19.8 Å². The summed E-state index contributed by atoms with van der Waals surface area (Å²) < 4.78 is 0. The third-order valence-corrected chi connectivity index (χ3v) is 3.04. The molecule has 1 saturated carbocycles.